The van der Waals surface area contributed by atoms with E-state index < -0.39 is 47.5 Å². The molecule has 0 aromatic heterocycles. The van der Waals surface area contributed by atoms with Crippen molar-refractivity contribution in [1.82, 2.24) is 10.6 Å². The van der Waals surface area contributed by atoms with E-state index in [0.717, 1.165) is 0 Å². The van der Waals surface area contributed by atoms with Gasteiger partial charge in [0.15, 0.2) is 0 Å². The molecule has 32 heavy (non-hydrogen) atoms. The van der Waals surface area contributed by atoms with Crippen molar-refractivity contribution in [2.24, 2.45) is 11.8 Å². The van der Waals surface area contributed by atoms with Crippen LogP contribution in [0.3, 0.4) is 0 Å². The van der Waals surface area contributed by atoms with Crippen LogP contribution in [0.1, 0.15) is 52.6 Å². The van der Waals surface area contributed by atoms with Gasteiger partial charge < -0.3 is 24.8 Å². The fraction of sp³-hybridized carbons (Fsp3) is 0.609. The molecule has 1 saturated heterocycles. The zero-order chi connectivity index (χ0) is 23.9. The Balaban J connectivity index is 2.38. The molecule has 1 aromatic carbocycles. The van der Waals surface area contributed by atoms with E-state index in [4.69, 9.17) is 14.2 Å². The highest BCUT2D eigenvalue weighted by molar-refractivity contribution is 5.79. The molecule has 9 heteroatoms. The Hall–Kier alpha value is -2.68. The summed E-state index contributed by atoms with van der Waals surface area (Å²) >= 11 is 0. The lowest BCUT2D eigenvalue weighted by Crippen LogP contribution is -2.42. The van der Waals surface area contributed by atoms with Gasteiger partial charge in [-0.1, -0.05) is 12.1 Å². The maximum atomic E-state index is 13.6. The molecule has 1 aliphatic rings. The van der Waals surface area contributed by atoms with Crippen LogP contribution in [0.2, 0.25) is 0 Å². The number of carbonyl (C=O) groups is 3. The van der Waals surface area contributed by atoms with Crippen LogP contribution in [0.4, 0.5) is 9.18 Å². The first-order valence-corrected chi connectivity index (χ1v) is 10.9. The van der Waals surface area contributed by atoms with Gasteiger partial charge in [-0.2, -0.15) is 0 Å². The van der Waals surface area contributed by atoms with Gasteiger partial charge in [0, 0.05) is 18.4 Å². The summed E-state index contributed by atoms with van der Waals surface area (Å²) in [5, 5.41) is 5.97. The lowest BCUT2D eigenvalue weighted by Gasteiger charge is -2.31. The van der Waals surface area contributed by atoms with Crippen molar-refractivity contribution in [3.8, 4) is 0 Å². The third kappa shape index (κ3) is 7.19. The highest BCUT2D eigenvalue weighted by Gasteiger charge is 2.46. The minimum Gasteiger partial charge on any atom is -0.466 e. The number of ether oxygens (including phenoxy) is 3. The van der Waals surface area contributed by atoms with Crippen molar-refractivity contribution in [2.75, 3.05) is 19.8 Å². The van der Waals surface area contributed by atoms with Crippen molar-refractivity contribution in [3.05, 3.63) is 35.6 Å². The summed E-state index contributed by atoms with van der Waals surface area (Å²) in [5.41, 5.74) is -0.0918. The van der Waals surface area contributed by atoms with E-state index in [-0.39, 0.29) is 25.6 Å². The van der Waals surface area contributed by atoms with Gasteiger partial charge in [0.1, 0.15) is 17.5 Å². The number of esters is 2. The zero-order valence-corrected chi connectivity index (χ0v) is 19.3. The van der Waals surface area contributed by atoms with E-state index in [1.165, 1.54) is 12.1 Å². The van der Waals surface area contributed by atoms with Crippen molar-refractivity contribution in [2.45, 2.75) is 58.7 Å². The molecule has 0 aliphatic carbocycles. The number of rotatable bonds is 8. The summed E-state index contributed by atoms with van der Waals surface area (Å²) in [4.78, 5) is 37.5. The zero-order valence-electron chi connectivity index (χ0n) is 19.3. The molecular formula is C23H33FN2O6. The fourth-order valence-corrected chi connectivity index (χ4v) is 3.89. The first kappa shape index (κ1) is 25.6. The Morgan fingerprint density at radius 1 is 1.12 bits per heavy atom. The number of carbonyl (C=O) groups excluding carboxylic acids is 3. The summed E-state index contributed by atoms with van der Waals surface area (Å²) in [6, 6.07) is 4.34. The van der Waals surface area contributed by atoms with Crippen molar-refractivity contribution < 1.29 is 33.0 Å². The minimum absolute atomic E-state index is 0.0390. The van der Waals surface area contributed by atoms with Crippen LogP contribution in [0.15, 0.2) is 24.3 Å². The number of benzene rings is 1. The van der Waals surface area contributed by atoms with E-state index in [9.17, 15) is 18.8 Å². The highest BCUT2D eigenvalue weighted by atomic mass is 19.1. The molecule has 4 atom stereocenters. The number of amides is 1. The smallest absolute Gasteiger partial charge is 0.408 e. The normalized spacial score (nSPS) is 21.5. The number of hydrogen-bond donors (Lipinski definition) is 2. The number of nitrogens with one attached hydrogen (secondary N) is 2. The van der Waals surface area contributed by atoms with Crippen molar-refractivity contribution in [1.29, 1.82) is 0 Å². The van der Waals surface area contributed by atoms with Gasteiger partial charge in [0.2, 0.25) is 0 Å². The van der Waals surface area contributed by atoms with Crippen LogP contribution in [0.25, 0.3) is 0 Å². The second-order valence-electron chi connectivity index (χ2n) is 8.65. The van der Waals surface area contributed by atoms with Crippen LogP contribution in [-0.4, -0.2) is 49.4 Å². The van der Waals surface area contributed by atoms with Gasteiger partial charge in [-0.05, 0) is 52.3 Å². The van der Waals surface area contributed by atoms with Crippen molar-refractivity contribution >= 4 is 18.0 Å². The molecule has 1 fully saturated rings. The van der Waals surface area contributed by atoms with Gasteiger partial charge in [-0.3, -0.25) is 9.59 Å². The second-order valence-corrected chi connectivity index (χ2v) is 8.65. The SMILES string of the molecule is CCOC(=O)C[C@H]1[C@@H](C(=O)OCC)NC[C@H]1C(NC(=O)OC(C)(C)C)c1ccc(F)cc1. The van der Waals surface area contributed by atoms with E-state index in [0.29, 0.717) is 12.1 Å². The van der Waals surface area contributed by atoms with Crippen LogP contribution >= 0.6 is 0 Å². The molecule has 1 amide bonds. The number of hydrogen-bond acceptors (Lipinski definition) is 7. The van der Waals surface area contributed by atoms with Gasteiger partial charge in [0.05, 0.1) is 25.7 Å². The molecule has 2 N–H and O–H groups in total. The molecule has 1 heterocycles. The molecule has 1 unspecified atom stereocenters. The fourth-order valence-electron chi connectivity index (χ4n) is 3.89. The predicted octanol–water partition coefficient (Wildman–Crippen LogP) is 3.11. The Morgan fingerprint density at radius 2 is 1.75 bits per heavy atom. The lowest BCUT2D eigenvalue weighted by molar-refractivity contribution is -0.148. The predicted molar refractivity (Wildman–Crippen MR) is 115 cm³/mol. The summed E-state index contributed by atoms with van der Waals surface area (Å²) in [5.74, 6) is -2.23. The topological polar surface area (TPSA) is 103 Å². The average molecular weight is 453 g/mol. The van der Waals surface area contributed by atoms with E-state index in [1.807, 2.05) is 0 Å². The number of alkyl carbamates (subject to hydrolysis) is 1. The summed E-state index contributed by atoms with van der Waals surface area (Å²) in [7, 11) is 0. The van der Waals surface area contributed by atoms with Gasteiger partial charge in [-0.25, -0.2) is 9.18 Å². The van der Waals surface area contributed by atoms with Gasteiger partial charge in [-0.15, -0.1) is 0 Å². The maximum absolute atomic E-state index is 13.6. The molecule has 8 nitrogen and oxygen atoms in total. The average Bonchev–Trinajstić information content (AvgIpc) is 3.09. The Kier molecular flexibility index (Phi) is 9.00. The summed E-state index contributed by atoms with van der Waals surface area (Å²) in [6.07, 6.45) is -0.691. The molecule has 0 radical (unpaired) electrons. The molecule has 1 aliphatic heterocycles. The quantitative estimate of drug-likeness (QED) is 0.461. The molecule has 0 spiro atoms. The largest absolute Gasteiger partial charge is 0.466 e. The number of halogens is 1. The molecule has 2 rings (SSSR count). The van der Waals surface area contributed by atoms with Crippen LogP contribution in [0, 0.1) is 17.7 Å². The summed E-state index contributed by atoms with van der Waals surface area (Å²) in [6.45, 7) is 9.39. The van der Waals surface area contributed by atoms with E-state index in [1.54, 1.807) is 46.8 Å². The maximum Gasteiger partial charge on any atom is 0.408 e. The first-order chi connectivity index (χ1) is 15.1. The van der Waals surface area contributed by atoms with Crippen molar-refractivity contribution in [3.63, 3.8) is 0 Å². The first-order valence-electron chi connectivity index (χ1n) is 10.9. The standard InChI is InChI=1S/C23H33FN2O6/c1-6-30-18(27)12-16-17(13-25-20(16)21(28)31-7-2)19(14-8-10-15(24)11-9-14)26-22(29)32-23(3,4)5/h8-11,16-17,19-20,25H,6-7,12-13H2,1-5H3,(H,26,29)/t16-,17-,19?,20+/m1/s1. The summed E-state index contributed by atoms with van der Waals surface area (Å²) < 4.78 is 29.3. The Morgan fingerprint density at radius 3 is 2.31 bits per heavy atom. The van der Waals surface area contributed by atoms with E-state index in [2.05, 4.69) is 10.6 Å². The Bertz CT molecular complexity index is 793. The van der Waals surface area contributed by atoms with Crippen LogP contribution < -0.4 is 10.6 Å². The minimum atomic E-state index is -0.743. The third-order valence-corrected chi connectivity index (χ3v) is 5.13. The monoisotopic (exact) mass is 452 g/mol. The van der Waals surface area contributed by atoms with Gasteiger partial charge >= 0.3 is 18.0 Å². The highest BCUT2D eigenvalue weighted by Crippen LogP contribution is 2.37. The molecule has 0 bridgehead atoms. The molecule has 178 valence electrons. The van der Waals surface area contributed by atoms with Crippen LogP contribution in [0.5, 0.6) is 0 Å². The molecular weight excluding hydrogens is 419 g/mol. The Labute approximate surface area is 188 Å². The third-order valence-electron chi connectivity index (χ3n) is 5.13. The molecule has 0 saturated carbocycles. The second kappa shape index (κ2) is 11.3. The lowest BCUT2D eigenvalue weighted by atomic mass is 9.80. The molecule has 1 aromatic rings. The van der Waals surface area contributed by atoms with E-state index >= 15 is 0 Å². The van der Waals surface area contributed by atoms with Gasteiger partial charge in [0.25, 0.3) is 0 Å². The van der Waals surface area contributed by atoms with Crippen LogP contribution in [-0.2, 0) is 23.8 Å².